The zero-order valence-electron chi connectivity index (χ0n) is 9.76. The topological polar surface area (TPSA) is 215 Å². The van der Waals surface area contributed by atoms with Gasteiger partial charge < -0.3 is 34.3 Å². The summed E-state index contributed by atoms with van der Waals surface area (Å²) in [5.74, 6) is -5.35. The molecule has 0 aromatic carbocycles. The van der Waals surface area contributed by atoms with Gasteiger partial charge in [-0.3, -0.25) is 18.0 Å². The van der Waals surface area contributed by atoms with Gasteiger partial charge in [0.15, 0.2) is 0 Å². The molecule has 0 spiro atoms. The minimum Gasteiger partial charge on any atom is -0.759 e. The predicted octanol–water partition coefficient (Wildman–Crippen LogP) is -6.92. The molecule has 113 valence electrons. The number of aliphatic carboxylic acids is 3. The second-order valence-electron chi connectivity index (χ2n) is 2.87. The van der Waals surface area contributed by atoms with Crippen molar-refractivity contribution in [1.82, 2.24) is 0 Å². The van der Waals surface area contributed by atoms with Crippen molar-refractivity contribution >= 4 is 28.3 Å². The smallest absolute Gasteiger partial charge is 0.759 e. The van der Waals surface area contributed by atoms with E-state index in [1.807, 2.05) is 0 Å². The second kappa shape index (κ2) is 11.4. The summed E-state index contributed by atoms with van der Waals surface area (Å²) in [6, 6.07) is 0. The first kappa shape index (κ1) is 28.0. The van der Waals surface area contributed by atoms with Crippen LogP contribution in [-0.4, -0.2) is 56.4 Å². The normalized spacial score (nSPS) is 9.95. The molecule has 3 N–H and O–H groups in total. The van der Waals surface area contributed by atoms with Gasteiger partial charge in [0.25, 0.3) is 0 Å². The molecule has 14 heteroatoms. The Balaban J connectivity index is -0.000000158. The van der Waals surface area contributed by atoms with Crippen LogP contribution >= 0.6 is 0 Å². The van der Waals surface area contributed by atoms with E-state index in [9.17, 15) is 19.5 Å². The number of carboxylic acids is 3. The van der Waals surface area contributed by atoms with Crippen molar-refractivity contribution in [3.63, 3.8) is 0 Å². The van der Waals surface area contributed by atoms with Crippen LogP contribution in [0.25, 0.3) is 0 Å². The summed E-state index contributed by atoms with van der Waals surface area (Å²) in [6.45, 7) is 0. The van der Waals surface area contributed by atoms with Crippen LogP contribution < -0.4 is 34.7 Å². The van der Waals surface area contributed by atoms with Crippen LogP contribution in [0.15, 0.2) is 0 Å². The Bertz CT molecular complexity index is 408. The van der Waals surface area contributed by atoms with Crippen molar-refractivity contribution in [2.45, 2.75) is 18.4 Å². The Morgan fingerprint density at radius 2 is 1.20 bits per heavy atom. The van der Waals surface area contributed by atoms with E-state index in [1.165, 1.54) is 0 Å². The van der Waals surface area contributed by atoms with Crippen LogP contribution in [0.5, 0.6) is 0 Å². The van der Waals surface area contributed by atoms with Gasteiger partial charge in [0.1, 0.15) is 5.60 Å². The van der Waals surface area contributed by atoms with E-state index in [2.05, 4.69) is 0 Å². The number of aliphatic hydroxyl groups is 1. The minimum absolute atomic E-state index is 0. The SMILES string of the molecule is O=C(O)CC(O)(CC(=O)O)C(=O)[O-].O=S(=O)([O-])[O-].[Co+2].[Na+]. The Morgan fingerprint density at radius 3 is 1.30 bits per heavy atom. The molecule has 0 saturated carbocycles. The van der Waals surface area contributed by atoms with E-state index in [1.54, 1.807) is 0 Å². The van der Waals surface area contributed by atoms with Gasteiger partial charge >= 0.3 is 58.3 Å². The molecular weight excluding hydrogens is 362 g/mol. The average Bonchev–Trinajstić information content (AvgIpc) is 1.95. The Hall–Kier alpha value is -0.254. The maximum absolute atomic E-state index is 10.2. The van der Waals surface area contributed by atoms with Crippen LogP contribution in [0.1, 0.15) is 12.8 Å². The van der Waals surface area contributed by atoms with Gasteiger partial charge in [0.05, 0.1) is 18.8 Å². The number of carbonyl (C=O) groups excluding carboxylic acids is 1. The zero-order valence-corrected chi connectivity index (χ0v) is 13.6. The fraction of sp³-hybridized carbons (Fsp3) is 0.500. The largest absolute Gasteiger partial charge is 2.00 e. The Kier molecular flexibility index (Phi) is 16.0. The summed E-state index contributed by atoms with van der Waals surface area (Å²) in [4.78, 5) is 30.3. The fourth-order valence-corrected chi connectivity index (χ4v) is 0.707. The van der Waals surface area contributed by atoms with Crippen LogP contribution in [-0.2, 0) is 41.6 Å². The van der Waals surface area contributed by atoms with E-state index < -0.39 is 46.7 Å². The van der Waals surface area contributed by atoms with Crippen LogP contribution in [0.2, 0.25) is 0 Å². The first-order valence-electron chi connectivity index (χ1n) is 3.82. The molecule has 0 amide bonds. The number of hydrogen-bond donors (Lipinski definition) is 3. The van der Waals surface area contributed by atoms with Gasteiger partial charge in [-0.05, 0) is 0 Å². The van der Waals surface area contributed by atoms with E-state index in [4.69, 9.17) is 32.8 Å². The number of hydrogen-bond acceptors (Lipinski definition) is 9. The predicted molar refractivity (Wildman–Crippen MR) is 44.9 cm³/mol. The van der Waals surface area contributed by atoms with E-state index in [-0.39, 0.29) is 46.3 Å². The van der Waals surface area contributed by atoms with Gasteiger partial charge in [-0.15, -0.1) is 0 Å². The van der Waals surface area contributed by atoms with Crippen molar-refractivity contribution in [1.29, 1.82) is 0 Å². The first-order valence-corrected chi connectivity index (χ1v) is 5.15. The Labute approximate surface area is 145 Å². The van der Waals surface area contributed by atoms with Crippen molar-refractivity contribution in [2.75, 3.05) is 0 Å². The molecule has 0 aliphatic rings. The summed E-state index contributed by atoms with van der Waals surface area (Å²) >= 11 is 0. The molecule has 0 aliphatic carbocycles. The summed E-state index contributed by atoms with van der Waals surface area (Å²) < 4.78 is 34.1. The molecule has 0 heterocycles. The number of carbonyl (C=O) groups is 3. The monoisotopic (exact) mass is 369 g/mol. The van der Waals surface area contributed by atoms with Gasteiger partial charge in [-0.1, -0.05) is 0 Å². The van der Waals surface area contributed by atoms with Gasteiger partial charge in [0, 0.05) is 10.4 Å². The molecule has 0 bridgehead atoms. The molecule has 1 radical (unpaired) electrons. The molecule has 0 aliphatic heterocycles. The standard InChI is InChI=1S/C6H8O7.Co.Na.H2O4S/c7-3(8)1-6(13,5(11)12)2-4(9)10;;;1-5(2,3)4/h13H,1-2H2,(H,7,8)(H,9,10)(H,11,12);;;(H2,1,2,3,4)/q;+2;+1;/p-3. The fourth-order valence-electron chi connectivity index (χ4n) is 0.707. The third-order valence-corrected chi connectivity index (χ3v) is 1.27. The third-order valence-electron chi connectivity index (χ3n) is 1.27. The van der Waals surface area contributed by atoms with E-state index in [0.717, 1.165) is 0 Å². The molecule has 0 aromatic rings. The molecule has 0 fully saturated rings. The molecule has 0 atom stereocenters. The Morgan fingerprint density at radius 1 is 1.00 bits per heavy atom. The minimum atomic E-state index is -5.17. The van der Waals surface area contributed by atoms with Crippen LogP contribution in [0, 0.1) is 0 Å². The van der Waals surface area contributed by atoms with Crippen molar-refractivity contribution < 1.29 is 98.7 Å². The summed E-state index contributed by atoms with van der Waals surface area (Å²) in [6.07, 6.45) is -2.41. The molecule has 0 saturated heterocycles. The number of rotatable bonds is 5. The van der Waals surface area contributed by atoms with Crippen LogP contribution in [0.3, 0.4) is 0 Å². The zero-order chi connectivity index (χ0) is 15.1. The van der Waals surface area contributed by atoms with Gasteiger partial charge in [0.2, 0.25) is 0 Å². The maximum atomic E-state index is 10.2. The summed E-state index contributed by atoms with van der Waals surface area (Å²) in [5.41, 5.74) is -2.85. The third kappa shape index (κ3) is 20.1. The second-order valence-corrected chi connectivity index (χ2v) is 3.68. The first-order chi connectivity index (χ1) is 7.78. The molecular formula is C6H7CoNaO11S. The molecule has 0 unspecified atom stereocenters. The van der Waals surface area contributed by atoms with Gasteiger partial charge in [-0.25, -0.2) is 0 Å². The summed E-state index contributed by atoms with van der Waals surface area (Å²) in [7, 11) is -5.17. The van der Waals surface area contributed by atoms with E-state index >= 15 is 0 Å². The van der Waals surface area contributed by atoms with E-state index in [0.29, 0.717) is 0 Å². The molecule has 0 rings (SSSR count). The van der Waals surface area contributed by atoms with Crippen LogP contribution in [0.4, 0.5) is 0 Å². The molecule has 0 aromatic heterocycles. The van der Waals surface area contributed by atoms with Crippen molar-refractivity contribution in [3.8, 4) is 0 Å². The van der Waals surface area contributed by atoms with Crippen molar-refractivity contribution in [2.24, 2.45) is 0 Å². The van der Waals surface area contributed by atoms with Gasteiger partial charge in [-0.2, -0.15) is 0 Å². The quantitative estimate of drug-likeness (QED) is 0.235. The molecule has 20 heavy (non-hydrogen) atoms. The summed E-state index contributed by atoms with van der Waals surface area (Å²) in [5, 5.41) is 35.5. The van der Waals surface area contributed by atoms with Crippen molar-refractivity contribution in [3.05, 3.63) is 0 Å². The average molecular weight is 369 g/mol. The molecule has 11 nitrogen and oxygen atoms in total. The maximum Gasteiger partial charge on any atom is 2.00 e. The number of carboxylic acid groups (broad SMARTS) is 3.